The molecule has 2 rings (SSSR count). The minimum Gasteiger partial charge on any atom is -0.496 e. The SMILES string of the molecule is CNC(CC1CCCO1)c1c(C)c(Br)cc(C)c1OC. The number of methoxy groups -OCH3 is 1. The lowest BCUT2D eigenvalue weighted by atomic mass is 9.93. The average Bonchev–Trinajstić information content (AvgIpc) is 2.93. The molecule has 1 aliphatic rings. The summed E-state index contributed by atoms with van der Waals surface area (Å²) in [5, 5.41) is 3.43. The topological polar surface area (TPSA) is 30.5 Å². The largest absolute Gasteiger partial charge is 0.496 e. The van der Waals surface area contributed by atoms with Gasteiger partial charge in [0.2, 0.25) is 0 Å². The van der Waals surface area contributed by atoms with E-state index in [0.717, 1.165) is 35.2 Å². The zero-order valence-electron chi connectivity index (χ0n) is 12.8. The molecule has 1 aromatic rings. The van der Waals surface area contributed by atoms with Crippen LogP contribution in [0.2, 0.25) is 0 Å². The summed E-state index contributed by atoms with van der Waals surface area (Å²) in [4.78, 5) is 0. The van der Waals surface area contributed by atoms with Gasteiger partial charge in [-0.3, -0.25) is 0 Å². The first-order chi connectivity index (χ1) is 9.58. The van der Waals surface area contributed by atoms with Gasteiger partial charge in [-0.1, -0.05) is 15.9 Å². The van der Waals surface area contributed by atoms with Gasteiger partial charge in [0.25, 0.3) is 0 Å². The lowest BCUT2D eigenvalue weighted by Crippen LogP contribution is -2.24. The van der Waals surface area contributed by atoms with E-state index in [4.69, 9.17) is 9.47 Å². The smallest absolute Gasteiger partial charge is 0.126 e. The molecule has 3 nitrogen and oxygen atoms in total. The summed E-state index contributed by atoms with van der Waals surface area (Å²) in [5.41, 5.74) is 3.65. The van der Waals surface area contributed by atoms with Crippen LogP contribution in [-0.2, 0) is 4.74 Å². The Morgan fingerprint density at radius 1 is 1.50 bits per heavy atom. The number of hydrogen-bond donors (Lipinski definition) is 1. The normalized spacial score (nSPS) is 20.1. The van der Waals surface area contributed by atoms with Crippen molar-refractivity contribution in [2.45, 2.75) is 45.3 Å². The Hall–Kier alpha value is -0.580. The highest BCUT2D eigenvalue weighted by Crippen LogP contribution is 2.38. The summed E-state index contributed by atoms with van der Waals surface area (Å²) < 4.78 is 12.6. The first kappa shape index (κ1) is 15.8. The Morgan fingerprint density at radius 3 is 2.80 bits per heavy atom. The van der Waals surface area contributed by atoms with Crippen molar-refractivity contribution in [2.24, 2.45) is 0 Å². The van der Waals surface area contributed by atoms with E-state index in [2.05, 4.69) is 41.2 Å². The van der Waals surface area contributed by atoms with Gasteiger partial charge in [0, 0.05) is 22.7 Å². The average molecular weight is 342 g/mol. The van der Waals surface area contributed by atoms with Crippen molar-refractivity contribution in [3.8, 4) is 5.75 Å². The minimum atomic E-state index is 0.254. The molecule has 0 bridgehead atoms. The predicted molar refractivity (Wildman–Crippen MR) is 85.6 cm³/mol. The Labute approximate surface area is 130 Å². The fourth-order valence-electron chi connectivity index (χ4n) is 3.04. The molecule has 1 aliphatic heterocycles. The number of ether oxygens (including phenoxy) is 2. The highest BCUT2D eigenvalue weighted by atomic mass is 79.9. The Balaban J connectivity index is 2.36. The lowest BCUT2D eigenvalue weighted by Gasteiger charge is -2.25. The van der Waals surface area contributed by atoms with Crippen molar-refractivity contribution >= 4 is 15.9 Å². The van der Waals surface area contributed by atoms with Gasteiger partial charge in [-0.15, -0.1) is 0 Å². The first-order valence-corrected chi connectivity index (χ1v) is 8.00. The molecule has 0 spiro atoms. The minimum absolute atomic E-state index is 0.254. The molecule has 0 saturated carbocycles. The number of benzene rings is 1. The van der Waals surface area contributed by atoms with Gasteiger partial charge in [-0.05, 0) is 57.4 Å². The summed E-state index contributed by atoms with van der Waals surface area (Å²) >= 11 is 3.66. The Morgan fingerprint density at radius 2 is 2.25 bits per heavy atom. The van der Waals surface area contributed by atoms with Crippen LogP contribution in [0.25, 0.3) is 0 Å². The van der Waals surface area contributed by atoms with E-state index in [1.807, 2.05) is 7.05 Å². The third kappa shape index (κ3) is 3.18. The molecule has 1 aromatic carbocycles. The van der Waals surface area contributed by atoms with E-state index in [-0.39, 0.29) is 6.04 Å². The van der Waals surface area contributed by atoms with Crippen LogP contribution in [0.4, 0.5) is 0 Å². The maximum atomic E-state index is 5.79. The van der Waals surface area contributed by atoms with Gasteiger partial charge < -0.3 is 14.8 Å². The number of hydrogen-bond acceptors (Lipinski definition) is 3. The highest BCUT2D eigenvalue weighted by Gasteiger charge is 2.26. The molecule has 4 heteroatoms. The van der Waals surface area contributed by atoms with Crippen molar-refractivity contribution in [2.75, 3.05) is 20.8 Å². The molecule has 1 N–H and O–H groups in total. The van der Waals surface area contributed by atoms with Crippen LogP contribution in [0.1, 0.15) is 42.0 Å². The monoisotopic (exact) mass is 341 g/mol. The summed E-state index contributed by atoms with van der Waals surface area (Å²) in [6.07, 6.45) is 3.68. The standard InChI is InChI=1S/C16H24BrNO2/c1-10-8-13(17)11(2)15(16(10)19-4)14(18-3)9-12-6-5-7-20-12/h8,12,14,18H,5-7,9H2,1-4H3. The third-order valence-electron chi connectivity index (χ3n) is 4.13. The van der Waals surface area contributed by atoms with Crippen LogP contribution in [0.3, 0.4) is 0 Å². The number of nitrogens with one attached hydrogen (secondary N) is 1. The van der Waals surface area contributed by atoms with E-state index in [0.29, 0.717) is 6.10 Å². The fraction of sp³-hybridized carbons (Fsp3) is 0.625. The van der Waals surface area contributed by atoms with Crippen molar-refractivity contribution in [3.63, 3.8) is 0 Å². The van der Waals surface area contributed by atoms with Crippen molar-refractivity contribution in [3.05, 3.63) is 27.2 Å². The van der Waals surface area contributed by atoms with Crippen molar-refractivity contribution < 1.29 is 9.47 Å². The second-order valence-electron chi connectivity index (χ2n) is 5.46. The molecule has 2 atom stereocenters. The van der Waals surface area contributed by atoms with Crippen LogP contribution >= 0.6 is 15.9 Å². The molecule has 0 amide bonds. The molecule has 20 heavy (non-hydrogen) atoms. The van der Waals surface area contributed by atoms with E-state index in [1.54, 1.807) is 7.11 Å². The number of rotatable bonds is 5. The van der Waals surface area contributed by atoms with Crippen molar-refractivity contribution in [1.82, 2.24) is 5.32 Å². The molecule has 0 aliphatic carbocycles. The van der Waals surface area contributed by atoms with E-state index in [1.165, 1.54) is 17.5 Å². The van der Waals surface area contributed by atoms with E-state index < -0.39 is 0 Å². The summed E-state index contributed by atoms with van der Waals surface area (Å²) in [7, 11) is 3.76. The molecule has 1 fully saturated rings. The van der Waals surface area contributed by atoms with Crippen LogP contribution in [0.5, 0.6) is 5.75 Å². The molecular formula is C16H24BrNO2. The van der Waals surface area contributed by atoms with Crippen LogP contribution in [0.15, 0.2) is 10.5 Å². The van der Waals surface area contributed by atoms with Gasteiger partial charge in [0.15, 0.2) is 0 Å². The van der Waals surface area contributed by atoms with Gasteiger partial charge in [-0.25, -0.2) is 0 Å². The van der Waals surface area contributed by atoms with Crippen LogP contribution < -0.4 is 10.1 Å². The quantitative estimate of drug-likeness (QED) is 0.880. The number of aryl methyl sites for hydroxylation is 1. The molecule has 112 valence electrons. The van der Waals surface area contributed by atoms with Gasteiger partial charge in [0.1, 0.15) is 5.75 Å². The molecule has 0 aromatic heterocycles. The van der Waals surface area contributed by atoms with E-state index in [9.17, 15) is 0 Å². The second-order valence-corrected chi connectivity index (χ2v) is 6.31. The van der Waals surface area contributed by atoms with Crippen molar-refractivity contribution in [1.29, 1.82) is 0 Å². The van der Waals surface area contributed by atoms with Gasteiger partial charge in [0.05, 0.1) is 13.2 Å². The second kappa shape index (κ2) is 6.92. The molecule has 1 saturated heterocycles. The Bertz CT molecular complexity index is 470. The third-order valence-corrected chi connectivity index (χ3v) is 4.96. The summed E-state index contributed by atoms with van der Waals surface area (Å²) in [6.45, 7) is 5.13. The van der Waals surface area contributed by atoms with Crippen LogP contribution in [-0.4, -0.2) is 26.9 Å². The maximum absolute atomic E-state index is 5.79. The van der Waals surface area contributed by atoms with E-state index >= 15 is 0 Å². The first-order valence-electron chi connectivity index (χ1n) is 7.21. The van der Waals surface area contributed by atoms with Crippen LogP contribution in [0, 0.1) is 13.8 Å². The summed E-state index contributed by atoms with van der Waals surface area (Å²) in [6, 6.07) is 2.38. The molecule has 1 heterocycles. The maximum Gasteiger partial charge on any atom is 0.126 e. The zero-order chi connectivity index (χ0) is 14.7. The van der Waals surface area contributed by atoms with Gasteiger partial charge in [-0.2, -0.15) is 0 Å². The molecule has 2 unspecified atom stereocenters. The summed E-state index contributed by atoms with van der Waals surface area (Å²) in [5.74, 6) is 0.989. The Kier molecular flexibility index (Phi) is 5.47. The fourth-order valence-corrected chi connectivity index (χ4v) is 3.60. The highest BCUT2D eigenvalue weighted by molar-refractivity contribution is 9.10. The predicted octanol–water partition coefficient (Wildman–Crippen LogP) is 3.90. The lowest BCUT2D eigenvalue weighted by molar-refractivity contribution is 0.0950. The molecular weight excluding hydrogens is 318 g/mol. The molecule has 0 radical (unpaired) electrons. The number of halogens is 1. The van der Waals surface area contributed by atoms with Gasteiger partial charge >= 0.3 is 0 Å². The zero-order valence-corrected chi connectivity index (χ0v) is 14.3.